The van der Waals surface area contributed by atoms with Gasteiger partial charge < -0.3 is 9.64 Å². The lowest BCUT2D eigenvalue weighted by Gasteiger charge is -2.16. The first-order chi connectivity index (χ1) is 12.7. The lowest BCUT2D eigenvalue weighted by molar-refractivity contribution is 0.0767. The number of benzene rings is 1. The summed E-state index contributed by atoms with van der Waals surface area (Å²) >= 11 is 7.56. The van der Waals surface area contributed by atoms with Crippen molar-refractivity contribution in [3.8, 4) is 16.3 Å². The van der Waals surface area contributed by atoms with E-state index in [1.165, 1.54) is 11.3 Å². The third-order valence-electron chi connectivity index (χ3n) is 4.21. The van der Waals surface area contributed by atoms with Crippen molar-refractivity contribution >= 4 is 28.8 Å². The number of aromatic nitrogens is 2. The number of likely N-dealkylation sites (tertiary alicyclic amines) is 1. The number of thiazole rings is 1. The Morgan fingerprint density at radius 2 is 2.12 bits per heavy atom. The van der Waals surface area contributed by atoms with Gasteiger partial charge in [-0.2, -0.15) is 0 Å². The monoisotopic (exact) mass is 385 g/mol. The third-order valence-corrected chi connectivity index (χ3v) is 5.38. The molecule has 1 fully saturated rings. The summed E-state index contributed by atoms with van der Waals surface area (Å²) in [6.07, 6.45) is 3.88. The van der Waals surface area contributed by atoms with Crippen LogP contribution in [0.5, 0.6) is 5.75 Å². The molecule has 3 heterocycles. The van der Waals surface area contributed by atoms with E-state index in [1.807, 2.05) is 35.7 Å². The van der Waals surface area contributed by atoms with Crippen molar-refractivity contribution in [2.45, 2.75) is 12.5 Å². The highest BCUT2D eigenvalue weighted by molar-refractivity contribution is 7.13. The van der Waals surface area contributed by atoms with Gasteiger partial charge in [0.05, 0.1) is 6.54 Å². The summed E-state index contributed by atoms with van der Waals surface area (Å²) in [6, 6.07) is 11.6. The van der Waals surface area contributed by atoms with Gasteiger partial charge in [-0.15, -0.1) is 11.3 Å². The van der Waals surface area contributed by atoms with E-state index in [2.05, 4.69) is 9.97 Å². The van der Waals surface area contributed by atoms with Gasteiger partial charge in [-0.05, 0) is 0 Å². The van der Waals surface area contributed by atoms with E-state index in [-0.39, 0.29) is 12.0 Å². The van der Waals surface area contributed by atoms with E-state index < -0.39 is 0 Å². The Hall–Kier alpha value is -2.44. The van der Waals surface area contributed by atoms with E-state index in [0.29, 0.717) is 29.6 Å². The van der Waals surface area contributed by atoms with Gasteiger partial charge >= 0.3 is 0 Å². The Bertz CT molecular complexity index is 916. The summed E-state index contributed by atoms with van der Waals surface area (Å²) in [5.74, 6) is 0.538. The lowest BCUT2D eigenvalue weighted by atomic mass is 10.2. The molecule has 0 unspecified atom stereocenters. The predicted octanol–water partition coefficient (Wildman–Crippen LogP) is 4.15. The molecule has 5 nitrogen and oxygen atoms in total. The number of ether oxygens (including phenoxy) is 1. The number of halogens is 1. The maximum atomic E-state index is 12.7. The zero-order chi connectivity index (χ0) is 17.9. The molecule has 4 rings (SSSR count). The molecular formula is C19H16ClN3O2S. The van der Waals surface area contributed by atoms with Gasteiger partial charge in [0, 0.05) is 42.4 Å². The van der Waals surface area contributed by atoms with E-state index in [9.17, 15) is 4.79 Å². The lowest BCUT2D eigenvalue weighted by Crippen LogP contribution is -2.31. The zero-order valence-corrected chi connectivity index (χ0v) is 15.4. The molecule has 0 bridgehead atoms. The fraction of sp³-hybridized carbons (Fsp3) is 0.211. The molecule has 1 aliphatic heterocycles. The average Bonchev–Trinajstić information content (AvgIpc) is 3.34. The molecular weight excluding hydrogens is 370 g/mol. The second kappa shape index (κ2) is 7.43. The Labute approximate surface area is 160 Å². The Morgan fingerprint density at radius 3 is 2.92 bits per heavy atom. The van der Waals surface area contributed by atoms with Crippen LogP contribution in [0.15, 0.2) is 54.2 Å². The van der Waals surface area contributed by atoms with Crippen LogP contribution in [-0.4, -0.2) is 40.0 Å². The first-order valence-corrected chi connectivity index (χ1v) is 9.53. The molecule has 132 valence electrons. The summed E-state index contributed by atoms with van der Waals surface area (Å²) in [7, 11) is 0. The summed E-state index contributed by atoms with van der Waals surface area (Å²) in [5, 5.41) is 3.15. The molecule has 7 heteroatoms. The molecule has 0 spiro atoms. The quantitative estimate of drug-likeness (QED) is 0.677. The van der Waals surface area contributed by atoms with E-state index in [4.69, 9.17) is 16.3 Å². The minimum atomic E-state index is -0.0777. The van der Waals surface area contributed by atoms with Crippen LogP contribution in [-0.2, 0) is 0 Å². The highest BCUT2D eigenvalue weighted by Crippen LogP contribution is 2.27. The molecule has 1 aliphatic rings. The second-order valence-electron chi connectivity index (χ2n) is 5.99. The molecule has 0 aliphatic carbocycles. The highest BCUT2D eigenvalue weighted by Gasteiger charge is 2.29. The van der Waals surface area contributed by atoms with E-state index >= 15 is 0 Å². The standard InChI is InChI=1S/C19H16ClN3O2S/c20-15-10-21-8-6-17(15)25-14-7-9-23(11-14)19(24)16-12-26-18(22-16)13-4-2-1-3-5-13/h1-6,8,10,12,14H,7,9,11H2/t14-/m0/s1. The molecule has 26 heavy (non-hydrogen) atoms. The molecule has 1 amide bonds. The average molecular weight is 386 g/mol. The fourth-order valence-corrected chi connectivity index (χ4v) is 3.86. The molecule has 1 saturated heterocycles. The Morgan fingerprint density at radius 1 is 1.27 bits per heavy atom. The van der Waals surface area contributed by atoms with Gasteiger partial charge in [0.2, 0.25) is 0 Å². The van der Waals surface area contributed by atoms with Crippen LogP contribution in [0.3, 0.4) is 0 Å². The predicted molar refractivity (Wildman–Crippen MR) is 102 cm³/mol. The number of rotatable bonds is 4. The van der Waals surface area contributed by atoms with E-state index in [0.717, 1.165) is 17.0 Å². The van der Waals surface area contributed by atoms with Crippen LogP contribution in [0, 0.1) is 0 Å². The van der Waals surface area contributed by atoms with Gasteiger partial charge in [-0.25, -0.2) is 4.98 Å². The number of hydrogen-bond acceptors (Lipinski definition) is 5. The van der Waals surface area contributed by atoms with Crippen molar-refractivity contribution in [1.29, 1.82) is 0 Å². The molecule has 1 aromatic carbocycles. The van der Waals surface area contributed by atoms with Gasteiger partial charge in [-0.1, -0.05) is 41.9 Å². The number of carbonyl (C=O) groups excluding carboxylic acids is 1. The zero-order valence-electron chi connectivity index (χ0n) is 13.8. The minimum absolute atomic E-state index is 0.0599. The van der Waals surface area contributed by atoms with Crippen LogP contribution >= 0.6 is 22.9 Å². The summed E-state index contributed by atoms with van der Waals surface area (Å²) in [4.78, 5) is 23.0. The largest absolute Gasteiger partial charge is 0.487 e. The molecule has 0 N–H and O–H groups in total. The SMILES string of the molecule is O=C(c1csc(-c2ccccc2)n1)N1CC[C@H](Oc2ccncc2Cl)C1. The van der Waals surface area contributed by atoms with E-state index in [1.54, 1.807) is 23.4 Å². The van der Waals surface area contributed by atoms with Crippen LogP contribution in [0.25, 0.3) is 10.6 Å². The van der Waals surface area contributed by atoms with Gasteiger partial charge in [0.25, 0.3) is 5.91 Å². The van der Waals surface area contributed by atoms with Crippen molar-refractivity contribution in [2.24, 2.45) is 0 Å². The van der Waals surface area contributed by atoms with Crippen LogP contribution < -0.4 is 4.74 Å². The molecule has 0 radical (unpaired) electrons. The number of nitrogens with zero attached hydrogens (tertiary/aromatic N) is 3. The maximum absolute atomic E-state index is 12.7. The highest BCUT2D eigenvalue weighted by atomic mass is 35.5. The third kappa shape index (κ3) is 3.57. The first-order valence-electron chi connectivity index (χ1n) is 8.27. The number of carbonyl (C=O) groups is 1. The van der Waals surface area contributed by atoms with Crippen molar-refractivity contribution in [2.75, 3.05) is 13.1 Å². The van der Waals surface area contributed by atoms with Crippen molar-refractivity contribution in [1.82, 2.24) is 14.9 Å². The minimum Gasteiger partial charge on any atom is -0.487 e. The summed E-state index contributed by atoms with van der Waals surface area (Å²) in [5.41, 5.74) is 1.50. The van der Waals surface area contributed by atoms with Crippen molar-refractivity contribution < 1.29 is 9.53 Å². The number of pyridine rings is 1. The summed E-state index contributed by atoms with van der Waals surface area (Å²) in [6.45, 7) is 1.17. The van der Waals surface area contributed by atoms with Crippen LogP contribution in [0.1, 0.15) is 16.9 Å². The molecule has 2 aromatic heterocycles. The number of amides is 1. The molecule has 1 atom stereocenters. The topological polar surface area (TPSA) is 55.3 Å². The fourth-order valence-electron chi connectivity index (χ4n) is 2.89. The van der Waals surface area contributed by atoms with Crippen LogP contribution in [0.4, 0.5) is 0 Å². The Kier molecular flexibility index (Phi) is 4.86. The second-order valence-corrected chi connectivity index (χ2v) is 7.26. The molecule has 0 saturated carbocycles. The number of hydrogen-bond donors (Lipinski definition) is 0. The Balaban J connectivity index is 1.42. The smallest absolute Gasteiger partial charge is 0.273 e. The van der Waals surface area contributed by atoms with Gasteiger partial charge in [0.15, 0.2) is 0 Å². The summed E-state index contributed by atoms with van der Waals surface area (Å²) < 4.78 is 5.91. The normalized spacial score (nSPS) is 16.7. The van der Waals surface area contributed by atoms with Gasteiger partial charge in [0.1, 0.15) is 27.6 Å². The first kappa shape index (κ1) is 17.0. The van der Waals surface area contributed by atoms with Crippen molar-refractivity contribution in [3.63, 3.8) is 0 Å². The maximum Gasteiger partial charge on any atom is 0.273 e. The molecule has 3 aromatic rings. The van der Waals surface area contributed by atoms with Crippen molar-refractivity contribution in [3.05, 3.63) is 64.9 Å². The van der Waals surface area contributed by atoms with Crippen LogP contribution in [0.2, 0.25) is 5.02 Å². The van der Waals surface area contributed by atoms with Gasteiger partial charge in [-0.3, -0.25) is 9.78 Å².